The lowest BCUT2D eigenvalue weighted by atomic mass is 10.0. The van der Waals surface area contributed by atoms with Crippen LogP contribution in [0.5, 0.6) is 23.1 Å². The molecule has 6 heteroatoms. The smallest absolute Gasteiger partial charge is 0.217 e. The second-order valence-corrected chi connectivity index (χ2v) is 7.88. The van der Waals surface area contributed by atoms with Crippen LogP contribution in [-0.2, 0) is 0 Å². The summed E-state index contributed by atoms with van der Waals surface area (Å²) < 4.78 is 5.76. The molecule has 0 aliphatic heterocycles. The number of nitrogens with zero attached hydrogens (tertiary/aromatic N) is 2. The summed E-state index contributed by atoms with van der Waals surface area (Å²) in [5, 5.41) is 34.9. The molecular formula is C27H22N2O4. The fourth-order valence-corrected chi connectivity index (χ4v) is 3.89. The highest BCUT2D eigenvalue weighted by Crippen LogP contribution is 2.40. The van der Waals surface area contributed by atoms with Crippen molar-refractivity contribution in [3.8, 4) is 45.8 Å². The van der Waals surface area contributed by atoms with Gasteiger partial charge in [0.2, 0.25) is 5.88 Å². The number of benzene rings is 4. The second-order valence-electron chi connectivity index (χ2n) is 7.88. The Labute approximate surface area is 190 Å². The molecule has 5 aromatic rings. The van der Waals surface area contributed by atoms with Crippen molar-refractivity contribution >= 4 is 21.5 Å². The fourth-order valence-electron chi connectivity index (χ4n) is 3.89. The highest BCUT2D eigenvalue weighted by molar-refractivity contribution is 5.99. The standard InChI is InChI=1S/C27H22N2O4/c1-2-9-33-25-15-22(28-27(29-25)26-23(31)13-21(30)14-24(26)32)19-8-7-18-10-16-5-3-4-6-17(16)11-20(18)12-19/h3-8,10-15,30-32H,2,9H2,1H3. The average molecular weight is 438 g/mol. The van der Waals surface area contributed by atoms with Crippen molar-refractivity contribution in [2.45, 2.75) is 13.3 Å². The van der Waals surface area contributed by atoms with Crippen LogP contribution in [-0.4, -0.2) is 31.9 Å². The molecule has 0 amide bonds. The first-order valence-corrected chi connectivity index (χ1v) is 10.7. The van der Waals surface area contributed by atoms with Crippen LogP contribution >= 0.6 is 0 Å². The van der Waals surface area contributed by atoms with E-state index in [1.165, 1.54) is 5.39 Å². The van der Waals surface area contributed by atoms with Gasteiger partial charge in [-0.25, -0.2) is 4.98 Å². The van der Waals surface area contributed by atoms with Crippen molar-refractivity contribution in [2.24, 2.45) is 0 Å². The van der Waals surface area contributed by atoms with E-state index in [2.05, 4.69) is 34.2 Å². The maximum Gasteiger partial charge on any atom is 0.217 e. The number of hydrogen-bond acceptors (Lipinski definition) is 6. The maximum atomic E-state index is 10.4. The first-order valence-electron chi connectivity index (χ1n) is 10.7. The summed E-state index contributed by atoms with van der Waals surface area (Å²) in [6.45, 7) is 2.46. The normalized spacial score (nSPS) is 11.2. The van der Waals surface area contributed by atoms with E-state index in [0.29, 0.717) is 18.2 Å². The molecule has 0 radical (unpaired) electrons. The molecule has 164 valence electrons. The Bertz CT molecular complexity index is 1470. The quantitative estimate of drug-likeness (QED) is 0.290. The molecule has 0 spiro atoms. The van der Waals surface area contributed by atoms with Crippen LogP contribution in [0.25, 0.3) is 44.2 Å². The second kappa shape index (κ2) is 8.31. The molecule has 0 bridgehead atoms. The molecule has 5 rings (SSSR count). The van der Waals surface area contributed by atoms with Gasteiger partial charge in [-0.1, -0.05) is 43.3 Å². The minimum absolute atomic E-state index is 0.0304. The molecule has 0 unspecified atom stereocenters. The van der Waals surface area contributed by atoms with Gasteiger partial charge in [0, 0.05) is 23.8 Å². The minimum atomic E-state index is -0.323. The molecule has 1 aromatic heterocycles. The number of rotatable bonds is 5. The van der Waals surface area contributed by atoms with Crippen LogP contribution in [0.3, 0.4) is 0 Å². The van der Waals surface area contributed by atoms with Crippen molar-refractivity contribution in [3.05, 3.63) is 72.8 Å². The van der Waals surface area contributed by atoms with E-state index in [9.17, 15) is 15.3 Å². The molecule has 0 saturated carbocycles. The Hall–Kier alpha value is -4.32. The Kier molecular flexibility index (Phi) is 5.18. The topological polar surface area (TPSA) is 95.7 Å². The lowest BCUT2D eigenvalue weighted by Gasteiger charge is -2.12. The van der Waals surface area contributed by atoms with Gasteiger partial charge in [-0.3, -0.25) is 0 Å². The SMILES string of the molecule is CCCOc1cc(-c2ccc3cc4ccccc4cc3c2)nc(-c2c(O)cc(O)cc2O)n1. The van der Waals surface area contributed by atoms with Crippen LogP contribution < -0.4 is 4.74 Å². The van der Waals surface area contributed by atoms with Gasteiger partial charge >= 0.3 is 0 Å². The van der Waals surface area contributed by atoms with Gasteiger partial charge < -0.3 is 20.1 Å². The van der Waals surface area contributed by atoms with Crippen molar-refractivity contribution in [3.63, 3.8) is 0 Å². The molecule has 0 atom stereocenters. The molecular weight excluding hydrogens is 416 g/mol. The van der Waals surface area contributed by atoms with E-state index < -0.39 is 0 Å². The van der Waals surface area contributed by atoms with E-state index in [-0.39, 0.29) is 28.6 Å². The van der Waals surface area contributed by atoms with Crippen molar-refractivity contribution in [1.29, 1.82) is 0 Å². The summed E-state index contributed by atoms with van der Waals surface area (Å²) in [4.78, 5) is 9.00. The highest BCUT2D eigenvalue weighted by atomic mass is 16.5. The molecule has 0 saturated heterocycles. The summed E-state index contributed by atoms with van der Waals surface area (Å²) in [6.07, 6.45) is 0.799. The number of fused-ring (bicyclic) bond motifs is 2. The van der Waals surface area contributed by atoms with E-state index in [4.69, 9.17) is 4.74 Å². The first kappa shape index (κ1) is 20.6. The average Bonchev–Trinajstić information content (AvgIpc) is 2.80. The number of phenolic OH excluding ortho intramolecular Hbond substituents is 3. The monoisotopic (exact) mass is 438 g/mol. The molecule has 0 aliphatic carbocycles. The predicted octanol–water partition coefficient (Wildman–Crippen LogP) is 6.02. The highest BCUT2D eigenvalue weighted by Gasteiger charge is 2.18. The van der Waals surface area contributed by atoms with Crippen LogP contribution in [0.1, 0.15) is 13.3 Å². The molecule has 4 aromatic carbocycles. The van der Waals surface area contributed by atoms with E-state index in [0.717, 1.165) is 40.3 Å². The number of ether oxygens (including phenoxy) is 1. The van der Waals surface area contributed by atoms with Crippen LogP contribution in [0, 0.1) is 0 Å². The Balaban J connectivity index is 1.67. The molecule has 3 N–H and O–H groups in total. The van der Waals surface area contributed by atoms with Crippen LogP contribution in [0.15, 0.2) is 72.8 Å². The first-order chi connectivity index (χ1) is 16.0. The van der Waals surface area contributed by atoms with Crippen LogP contribution in [0.4, 0.5) is 0 Å². The summed E-state index contributed by atoms with van der Waals surface area (Å²) in [6, 6.07) is 22.6. The number of aromatic hydroxyl groups is 3. The van der Waals surface area contributed by atoms with Crippen molar-refractivity contribution in [2.75, 3.05) is 6.61 Å². The lowest BCUT2D eigenvalue weighted by molar-refractivity contribution is 0.305. The third-order valence-electron chi connectivity index (χ3n) is 5.46. The Morgan fingerprint density at radius 1 is 0.727 bits per heavy atom. The third-order valence-corrected chi connectivity index (χ3v) is 5.46. The summed E-state index contributed by atoms with van der Waals surface area (Å²) in [5.74, 6) is -0.462. The molecule has 0 fully saturated rings. The number of hydrogen-bond donors (Lipinski definition) is 3. The molecule has 33 heavy (non-hydrogen) atoms. The Morgan fingerprint density at radius 3 is 2.09 bits per heavy atom. The van der Waals surface area contributed by atoms with Gasteiger partial charge in [-0.2, -0.15) is 4.98 Å². The van der Waals surface area contributed by atoms with Gasteiger partial charge in [0.15, 0.2) is 5.82 Å². The number of aromatic nitrogens is 2. The molecule has 0 aliphatic rings. The van der Waals surface area contributed by atoms with Gasteiger partial charge in [0.25, 0.3) is 0 Å². The molecule has 1 heterocycles. The molecule has 6 nitrogen and oxygen atoms in total. The zero-order chi connectivity index (χ0) is 22.9. The van der Waals surface area contributed by atoms with Crippen LogP contribution in [0.2, 0.25) is 0 Å². The summed E-state index contributed by atoms with van der Waals surface area (Å²) >= 11 is 0. The van der Waals surface area contributed by atoms with E-state index >= 15 is 0 Å². The van der Waals surface area contributed by atoms with Gasteiger partial charge in [-0.05, 0) is 46.2 Å². The third kappa shape index (κ3) is 3.99. The maximum absolute atomic E-state index is 10.4. The lowest BCUT2D eigenvalue weighted by Crippen LogP contribution is -2.01. The van der Waals surface area contributed by atoms with Gasteiger partial charge in [0.05, 0.1) is 12.3 Å². The van der Waals surface area contributed by atoms with Crippen molar-refractivity contribution < 1.29 is 20.1 Å². The van der Waals surface area contributed by atoms with Crippen molar-refractivity contribution in [1.82, 2.24) is 9.97 Å². The fraction of sp³-hybridized carbons (Fsp3) is 0.111. The minimum Gasteiger partial charge on any atom is -0.508 e. The van der Waals surface area contributed by atoms with Gasteiger partial charge in [-0.15, -0.1) is 0 Å². The predicted molar refractivity (Wildman–Crippen MR) is 129 cm³/mol. The summed E-state index contributed by atoms with van der Waals surface area (Å²) in [7, 11) is 0. The van der Waals surface area contributed by atoms with E-state index in [1.54, 1.807) is 6.07 Å². The summed E-state index contributed by atoms with van der Waals surface area (Å²) in [5.41, 5.74) is 1.47. The zero-order valence-corrected chi connectivity index (χ0v) is 18.0. The Morgan fingerprint density at radius 2 is 1.39 bits per heavy atom. The number of phenols is 3. The van der Waals surface area contributed by atoms with Gasteiger partial charge in [0.1, 0.15) is 22.8 Å². The van der Waals surface area contributed by atoms with E-state index in [1.807, 2.05) is 37.3 Å². The largest absolute Gasteiger partial charge is 0.508 e. The zero-order valence-electron chi connectivity index (χ0n) is 18.0.